The lowest BCUT2D eigenvalue weighted by molar-refractivity contribution is 0.0524. The van der Waals surface area contributed by atoms with Crippen molar-refractivity contribution in [1.82, 2.24) is 9.55 Å². The number of aromatic nitrogens is 2. The topological polar surface area (TPSA) is 64.1 Å². The summed E-state index contributed by atoms with van der Waals surface area (Å²) in [5, 5.41) is 0. The summed E-state index contributed by atoms with van der Waals surface area (Å²) in [6, 6.07) is 0. The Balaban J connectivity index is 2.47. The van der Waals surface area contributed by atoms with E-state index in [1.807, 2.05) is 0 Å². The molecule has 14 heavy (non-hydrogen) atoms. The molecule has 0 spiro atoms. The highest BCUT2D eigenvalue weighted by molar-refractivity contribution is 5.01. The maximum atomic E-state index is 11.4. The van der Waals surface area contributed by atoms with Gasteiger partial charge >= 0.3 is 5.69 Å². The molecule has 1 aliphatic heterocycles. The molecule has 76 valence electrons. The van der Waals surface area contributed by atoms with Crippen molar-refractivity contribution in [3.63, 3.8) is 0 Å². The van der Waals surface area contributed by atoms with Crippen LogP contribution in [0.4, 0.5) is 0 Å². The average Bonchev–Trinajstić information content (AvgIpc) is 2.64. The van der Waals surface area contributed by atoms with Crippen LogP contribution in [0.15, 0.2) is 15.8 Å². The van der Waals surface area contributed by atoms with E-state index in [1.54, 1.807) is 13.1 Å². The smallest absolute Gasteiger partial charge is 0.330 e. The summed E-state index contributed by atoms with van der Waals surface area (Å²) in [7, 11) is 0. The third kappa shape index (κ3) is 1.50. The lowest BCUT2D eigenvalue weighted by Gasteiger charge is -2.12. The molecule has 5 heteroatoms. The molecule has 1 aliphatic rings. The second kappa shape index (κ2) is 3.42. The normalized spacial score (nSPS) is 21.4. The molecular formula is C9H12N2O3. The summed E-state index contributed by atoms with van der Waals surface area (Å²) in [6.07, 6.45) is 3.12. The fraction of sp³-hybridized carbons (Fsp3) is 0.556. The van der Waals surface area contributed by atoms with E-state index in [0.29, 0.717) is 12.2 Å². The first-order valence-electron chi connectivity index (χ1n) is 4.62. The first kappa shape index (κ1) is 9.21. The van der Waals surface area contributed by atoms with Crippen molar-refractivity contribution in [3.8, 4) is 0 Å². The largest absolute Gasteiger partial charge is 0.358 e. The number of nitrogens with one attached hydrogen (secondary N) is 1. The van der Waals surface area contributed by atoms with E-state index in [-0.39, 0.29) is 11.8 Å². The molecule has 1 aromatic rings. The predicted molar refractivity (Wildman–Crippen MR) is 50.3 cm³/mol. The molecule has 0 bridgehead atoms. The molecule has 0 aromatic carbocycles. The Morgan fingerprint density at radius 3 is 3.00 bits per heavy atom. The Labute approximate surface area is 80.3 Å². The number of aromatic amines is 1. The highest BCUT2D eigenvalue weighted by Crippen LogP contribution is 2.20. The van der Waals surface area contributed by atoms with Gasteiger partial charge in [0.1, 0.15) is 6.23 Å². The van der Waals surface area contributed by atoms with Gasteiger partial charge in [0.25, 0.3) is 5.56 Å². The van der Waals surface area contributed by atoms with Crippen LogP contribution in [0.5, 0.6) is 0 Å². The van der Waals surface area contributed by atoms with Gasteiger partial charge in [-0.2, -0.15) is 0 Å². The van der Waals surface area contributed by atoms with Crippen molar-refractivity contribution in [2.75, 3.05) is 6.61 Å². The van der Waals surface area contributed by atoms with Gasteiger partial charge in [0, 0.05) is 18.4 Å². The summed E-state index contributed by atoms with van der Waals surface area (Å²) < 4.78 is 6.80. The second-order valence-electron chi connectivity index (χ2n) is 3.45. The lowest BCUT2D eigenvalue weighted by atomic mass is 10.3. The van der Waals surface area contributed by atoms with Gasteiger partial charge in [-0.05, 0) is 19.8 Å². The van der Waals surface area contributed by atoms with Crippen LogP contribution >= 0.6 is 0 Å². The fourth-order valence-corrected chi connectivity index (χ4v) is 1.58. The minimum atomic E-state index is -0.396. The Morgan fingerprint density at radius 1 is 1.57 bits per heavy atom. The summed E-state index contributed by atoms with van der Waals surface area (Å²) in [5.41, 5.74) is -0.197. The van der Waals surface area contributed by atoms with Gasteiger partial charge in [0.2, 0.25) is 0 Å². The number of aryl methyl sites for hydroxylation is 1. The van der Waals surface area contributed by atoms with Gasteiger partial charge in [-0.3, -0.25) is 14.3 Å². The van der Waals surface area contributed by atoms with Crippen LogP contribution < -0.4 is 11.2 Å². The predicted octanol–water partition coefficient (Wildman–Crippen LogP) is 0.154. The molecule has 0 saturated carbocycles. The van der Waals surface area contributed by atoms with Crippen LogP contribution in [-0.4, -0.2) is 16.2 Å². The number of hydrogen-bond acceptors (Lipinski definition) is 3. The van der Waals surface area contributed by atoms with Crippen molar-refractivity contribution in [3.05, 3.63) is 32.6 Å². The standard InChI is InChI=1S/C9H12N2O3/c1-6-5-11(7-3-2-4-14-7)9(13)10-8(6)12/h5,7H,2-4H2,1H3,(H,10,12,13)/t7-/m1/s1. The van der Waals surface area contributed by atoms with Crippen molar-refractivity contribution in [1.29, 1.82) is 0 Å². The zero-order valence-corrected chi connectivity index (χ0v) is 7.95. The van der Waals surface area contributed by atoms with Crippen LogP contribution in [0, 0.1) is 6.92 Å². The highest BCUT2D eigenvalue weighted by atomic mass is 16.5. The molecule has 2 rings (SSSR count). The molecule has 2 heterocycles. The van der Waals surface area contributed by atoms with E-state index in [1.165, 1.54) is 4.57 Å². The zero-order chi connectivity index (χ0) is 10.1. The molecule has 0 amide bonds. The molecule has 0 aliphatic carbocycles. The zero-order valence-electron chi connectivity index (χ0n) is 7.95. The van der Waals surface area contributed by atoms with Gasteiger partial charge < -0.3 is 4.74 Å². The maximum absolute atomic E-state index is 11.4. The number of nitrogens with zero attached hydrogens (tertiary/aromatic N) is 1. The summed E-state index contributed by atoms with van der Waals surface area (Å²) in [6.45, 7) is 2.35. The number of rotatable bonds is 1. The van der Waals surface area contributed by atoms with Crippen molar-refractivity contribution in [2.45, 2.75) is 26.0 Å². The fourth-order valence-electron chi connectivity index (χ4n) is 1.58. The van der Waals surface area contributed by atoms with E-state index in [9.17, 15) is 9.59 Å². The number of ether oxygens (including phenoxy) is 1. The SMILES string of the molecule is Cc1cn([C@H]2CCCO2)c(=O)[nH]c1=O. The van der Waals surface area contributed by atoms with Crippen LogP contribution in [-0.2, 0) is 4.74 Å². The van der Waals surface area contributed by atoms with Gasteiger partial charge in [0.15, 0.2) is 0 Å². The summed E-state index contributed by atoms with van der Waals surface area (Å²) >= 11 is 0. The number of hydrogen-bond donors (Lipinski definition) is 1. The summed E-state index contributed by atoms with van der Waals surface area (Å²) in [5.74, 6) is 0. The molecule has 5 nitrogen and oxygen atoms in total. The Kier molecular flexibility index (Phi) is 2.25. The molecule has 1 aromatic heterocycles. The van der Waals surface area contributed by atoms with E-state index in [2.05, 4.69) is 4.98 Å². The first-order chi connectivity index (χ1) is 6.68. The Morgan fingerprint density at radius 2 is 2.36 bits per heavy atom. The van der Waals surface area contributed by atoms with E-state index >= 15 is 0 Å². The Bertz CT molecular complexity index is 440. The highest BCUT2D eigenvalue weighted by Gasteiger charge is 2.18. The molecule has 1 atom stereocenters. The molecule has 0 unspecified atom stereocenters. The average molecular weight is 196 g/mol. The van der Waals surface area contributed by atoms with Crippen molar-refractivity contribution in [2.24, 2.45) is 0 Å². The molecule has 1 fully saturated rings. The van der Waals surface area contributed by atoms with Crippen LogP contribution in [0.25, 0.3) is 0 Å². The van der Waals surface area contributed by atoms with Gasteiger partial charge in [-0.15, -0.1) is 0 Å². The monoisotopic (exact) mass is 196 g/mol. The minimum Gasteiger partial charge on any atom is -0.358 e. The molecule has 1 saturated heterocycles. The molecular weight excluding hydrogens is 184 g/mol. The van der Waals surface area contributed by atoms with Crippen LogP contribution in [0.1, 0.15) is 24.6 Å². The lowest BCUT2D eigenvalue weighted by Crippen LogP contribution is -2.33. The first-order valence-corrected chi connectivity index (χ1v) is 4.62. The third-order valence-corrected chi connectivity index (χ3v) is 2.36. The third-order valence-electron chi connectivity index (χ3n) is 2.36. The minimum absolute atomic E-state index is 0.210. The van der Waals surface area contributed by atoms with E-state index in [0.717, 1.165) is 12.8 Å². The van der Waals surface area contributed by atoms with Gasteiger partial charge in [0.05, 0.1) is 0 Å². The quantitative estimate of drug-likeness (QED) is 0.695. The van der Waals surface area contributed by atoms with E-state index in [4.69, 9.17) is 4.74 Å². The van der Waals surface area contributed by atoms with E-state index < -0.39 is 5.69 Å². The van der Waals surface area contributed by atoms with Crippen LogP contribution in [0.2, 0.25) is 0 Å². The number of H-pyrrole nitrogens is 1. The van der Waals surface area contributed by atoms with Gasteiger partial charge in [-0.25, -0.2) is 4.79 Å². The van der Waals surface area contributed by atoms with Crippen molar-refractivity contribution >= 4 is 0 Å². The molecule has 0 radical (unpaired) electrons. The van der Waals surface area contributed by atoms with Crippen molar-refractivity contribution < 1.29 is 4.74 Å². The Hall–Kier alpha value is -1.36. The summed E-state index contributed by atoms with van der Waals surface area (Å²) in [4.78, 5) is 24.8. The molecule has 1 N–H and O–H groups in total. The maximum Gasteiger partial charge on any atom is 0.330 e. The van der Waals surface area contributed by atoms with Crippen LogP contribution in [0.3, 0.4) is 0 Å². The van der Waals surface area contributed by atoms with Gasteiger partial charge in [-0.1, -0.05) is 0 Å². The second-order valence-corrected chi connectivity index (χ2v) is 3.45.